The molecule has 0 radical (unpaired) electrons. The molecule has 0 N–H and O–H groups in total. The lowest BCUT2D eigenvalue weighted by Gasteiger charge is -2.37. The van der Waals surface area contributed by atoms with E-state index in [0.717, 1.165) is 43.2 Å². The van der Waals surface area contributed by atoms with E-state index in [-0.39, 0.29) is 6.67 Å². The predicted molar refractivity (Wildman–Crippen MR) is 112 cm³/mol. The van der Waals surface area contributed by atoms with Crippen LogP contribution in [-0.2, 0) is 6.42 Å². The number of halogens is 6. The molecule has 1 aromatic carbocycles. The van der Waals surface area contributed by atoms with Crippen molar-refractivity contribution in [1.82, 2.24) is 0 Å². The molecular weight excluding hydrogens is 430 g/mol. The highest BCUT2D eigenvalue weighted by Gasteiger charge is 2.34. The number of alkyl halides is 4. The van der Waals surface area contributed by atoms with Crippen molar-refractivity contribution in [2.24, 2.45) is 23.7 Å². The quantitative estimate of drug-likeness (QED) is 0.279. The molecule has 2 aliphatic rings. The summed E-state index contributed by atoms with van der Waals surface area (Å²) < 4.78 is 80.3. The number of ether oxygens (including phenoxy) is 1. The summed E-state index contributed by atoms with van der Waals surface area (Å²) in [6.07, 6.45) is 10.0. The summed E-state index contributed by atoms with van der Waals surface area (Å²) in [6.45, 7) is -0.295. The van der Waals surface area contributed by atoms with Gasteiger partial charge in [-0.2, -0.15) is 0 Å². The first-order valence-corrected chi connectivity index (χ1v) is 11.7. The number of aryl methyl sites for hydroxylation is 1. The van der Waals surface area contributed by atoms with E-state index >= 15 is 0 Å². The van der Waals surface area contributed by atoms with Crippen molar-refractivity contribution in [3.05, 3.63) is 41.5 Å². The lowest BCUT2D eigenvalue weighted by molar-refractivity contribution is -0.276. The standard InChI is InChI=1S/C25H32F6O/c26-14-2-1-3-17-6-10-20(11-7-17)21-12-8-18(9-13-21)4-5-19-15-22(27)24(23(28)16-19)32-25(29,30)31/h1,3,15-18,20-21H,2,4-14H2/b3-1+. The van der Waals surface area contributed by atoms with Crippen LogP contribution in [0, 0.1) is 35.3 Å². The fourth-order valence-corrected chi connectivity index (χ4v) is 5.45. The van der Waals surface area contributed by atoms with E-state index in [1.165, 1.54) is 38.5 Å². The van der Waals surface area contributed by atoms with Crippen LogP contribution >= 0.6 is 0 Å². The van der Waals surface area contributed by atoms with Gasteiger partial charge in [0.25, 0.3) is 0 Å². The number of rotatable bonds is 8. The third kappa shape index (κ3) is 7.45. The van der Waals surface area contributed by atoms with Gasteiger partial charge in [0.15, 0.2) is 11.6 Å². The molecule has 0 bridgehead atoms. The van der Waals surface area contributed by atoms with Crippen LogP contribution in [0.1, 0.15) is 69.8 Å². The SMILES string of the molecule is FCC/C=C/C1CCC(C2CCC(CCc3cc(F)c(OC(F)(F)F)c(F)c3)CC2)CC1. The number of hydrogen-bond donors (Lipinski definition) is 0. The third-order valence-electron chi connectivity index (χ3n) is 7.18. The molecule has 0 aliphatic heterocycles. The lowest BCUT2D eigenvalue weighted by atomic mass is 9.68. The van der Waals surface area contributed by atoms with Gasteiger partial charge in [-0.3, -0.25) is 4.39 Å². The van der Waals surface area contributed by atoms with Gasteiger partial charge in [0.1, 0.15) is 0 Å². The largest absolute Gasteiger partial charge is 0.573 e. The number of allylic oxidation sites excluding steroid dienone is 2. The molecule has 2 aliphatic carbocycles. The van der Waals surface area contributed by atoms with Gasteiger partial charge in [-0.1, -0.05) is 25.0 Å². The van der Waals surface area contributed by atoms with Crippen molar-refractivity contribution >= 4 is 0 Å². The van der Waals surface area contributed by atoms with Gasteiger partial charge < -0.3 is 4.74 Å². The van der Waals surface area contributed by atoms with Gasteiger partial charge in [-0.15, -0.1) is 13.2 Å². The minimum atomic E-state index is -5.13. The van der Waals surface area contributed by atoms with Gasteiger partial charge >= 0.3 is 6.36 Å². The van der Waals surface area contributed by atoms with Gasteiger partial charge in [-0.25, -0.2) is 8.78 Å². The molecule has 1 aromatic rings. The molecule has 32 heavy (non-hydrogen) atoms. The van der Waals surface area contributed by atoms with Crippen LogP contribution in [-0.4, -0.2) is 13.0 Å². The Morgan fingerprint density at radius 1 is 0.875 bits per heavy atom. The molecule has 0 amide bonds. The fraction of sp³-hybridized carbons (Fsp3) is 0.680. The normalized spacial score (nSPS) is 27.1. The highest BCUT2D eigenvalue weighted by Crippen LogP contribution is 2.42. The average Bonchev–Trinajstić information content (AvgIpc) is 2.75. The van der Waals surface area contributed by atoms with Crippen LogP contribution in [0.3, 0.4) is 0 Å². The van der Waals surface area contributed by atoms with Crippen LogP contribution in [0.15, 0.2) is 24.3 Å². The van der Waals surface area contributed by atoms with Crippen LogP contribution in [0.5, 0.6) is 5.75 Å². The van der Waals surface area contributed by atoms with Crippen molar-refractivity contribution in [2.45, 2.75) is 77.0 Å². The molecule has 0 unspecified atom stereocenters. The summed E-state index contributed by atoms with van der Waals surface area (Å²) in [5.41, 5.74) is 0.357. The predicted octanol–water partition coefficient (Wildman–Crippen LogP) is 8.32. The molecule has 2 saturated carbocycles. The highest BCUT2D eigenvalue weighted by atomic mass is 19.4. The van der Waals surface area contributed by atoms with Crippen molar-refractivity contribution < 1.29 is 31.1 Å². The summed E-state index contributed by atoms with van der Waals surface area (Å²) in [7, 11) is 0. The molecule has 0 heterocycles. The highest BCUT2D eigenvalue weighted by molar-refractivity contribution is 5.31. The molecule has 180 valence electrons. The molecular formula is C25H32F6O. The maximum Gasteiger partial charge on any atom is 0.573 e. The molecule has 0 atom stereocenters. The minimum Gasteiger partial charge on any atom is -0.399 e. The van der Waals surface area contributed by atoms with Crippen molar-refractivity contribution in [3.8, 4) is 5.75 Å². The van der Waals surface area contributed by atoms with Crippen molar-refractivity contribution in [2.75, 3.05) is 6.67 Å². The van der Waals surface area contributed by atoms with Crippen LogP contribution in [0.4, 0.5) is 26.3 Å². The van der Waals surface area contributed by atoms with Crippen LogP contribution in [0.2, 0.25) is 0 Å². The molecule has 0 saturated heterocycles. The van der Waals surface area contributed by atoms with E-state index in [4.69, 9.17) is 0 Å². The average molecular weight is 463 g/mol. The first-order chi connectivity index (χ1) is 15.2. The Bertz CT molecular complexity index is 720. The Morgan fingerprint density at radius 3 is 1.97 bits per heavy atom. The van der Waals surface area contributed by atoms with Crippen LogP contribution in [0.25, 0.3) is 0 Å². The fourth-order valence-electron chi connectivity index (χ4n) is 5.45. The molecule has 0 aromatic heterocycles. The maximum absolute atomic E-state index is 13.9. The number of benzene rings is 1. The Labute approximate surface area is 186 Å². The second-order valence-corrected chi connectivity index (χ2v) is 9.34. The van der Waals surface area contributed by atoms with Gasteiger partial charge in [0.2, 0.25) is 5.75 Å². The summed E-state index contributed by atoms with van der Waals surface area (Å²) in [5.74, 6) is -1.49. The number of hydrogen-bond acceptors (Lipinski definition) is 1. The first-order valence-electron chi connectivity index (χ1n) is 11.7. The summed E-state index contributed by atoms with van der Waals surface area (Å²) >= 11 is 0. The molecule has 1 nitrogen and oxygen atoms in total. The van der Waals surface area contributed by atoms with Crippen LogP contribution < -0.4 is 4.74 Å². The van der Waals surface area contributed by atoms with E-state index in [0.29, 0.717) is 30.2 Å². The van der Waals surface area contributed by atoms with E-state index < -0.39 is 23.7 Å². The topological polar surface area (TPSA) is 9.23 Å². The van der Waals surface area contributed by atoms with Gasteiger partial charge in [0.05, 0.1) is 6.67 Å². The summed E-state index contributed by atoms with van der Waals surface area (Å²) in [4.78, 5) is 0. The molecule has 3 rings (SSSR count). The van der Waals surface area contributed by atoms with Gasteiger partial charge in [-0.05, 0) is 99.2 Å². The molecule has 0 spiro atoms. The first kappa shape index (κ1) is 25.0. The summed E-state index contributed by atoms with van der Waals surface area (Å²) in [6, 6.07) is 1.88. The van der Waals surface area contributed by atoms with E-state index in [9.17, 15) is 26.3 Å². The third-order valence-corrected chi connectivity index (χ3v) is 7.18. The molecule has 7 heteroatoms. The summed E-state index contributed by atoms with van der Waals surface area (Å²) in [5, 5.41) is 0. The van der Waals surface area contributed by atoms with Gasteiger partial charge in [0, 0.05) is 0 Å². The second-order valence-electron chi connectivity index (χ2n) is 9.34. The second kappa shape index (κ2) is 11.5. The maximum atomic E-state index is 13.9. The minimum absolute atomic E-state index is 0.295. The van der Waals surface area contributed by atoms with Crippen molar-refractivity contribution in [3.63, 3.8) is 0 Å². The Balaban J connectivity index is 1.41. The van der Waals surface area contributed by atoms with E-state index in [1.54, 1.807) is 0 Å². The van der Waals surface area contributed by atoms with Crippen molar-refractivity contribution in [1.29, 1.82) is 0 Å². The van der Waals surface area contributed by atoms with E-state index in [1.807, 2.05) is 6.08 Å². The van der Waals surface area contributed by atoms with E-state index in [2.05, 4.69) is 10.8 Å². The zero-order chi connectivity index (χ0) is 23.1. The zero-order valence-electron chi connectivity index (χ0n) is 18.3. The molecule has 2 fully saturated rings. The zero-order valence-corrected chi connectivity index (χ0v) is 18.3. The Hall–Kier alpha value is -1.66. The Morgan fingerprint density at radius 2 is 1.44 bits per heavy atom. The Kier molecular flexibility index (Phi) is 8.95. The monoisotopic (exact) mass is 462 g/mol. The smallest absolute Gasteiger partial charge is 0.399 e. The lowest BCUT2D eigenvalue weighted by Crippen LogP contribution is -2.25.